The van der Waals surface area contributed by atoms with E-state index in [2.05, 4.69) is 15.1 Å². The van der Waals surface area contributed by atoms with Crippen molar-refractivity contribution < 1.29 is 9.63 Å². The van der Waals surface area contributed by atoms with Crippen molar-refractivity contribution in [2.24, 2.45) is 0 Å². The summed E-state index contributed by atoms with van der Waals surface area (Å²) in [6, 6.07) is 0. The van der Waals surface area contributed by atoms with Crippen LogP contribution in [0.2, 0.25) is 0 Å². The van der Waals surface area contributed by atoms with Crippen molar-refractivity contribution in [1.82, 2.24) is 19.7 Å². The summed E-state index contributed by atoms with van der Waals surface area (Å²) < 4.78 is 6.65. The first-order chi connectivity index (χ1) is 6.75. The molecule has 1 unspecified atom stereocenters. The standard InChI is InChI=1S/C8H10N4O2/c1-6(13)8-10-7(11-14-8)4-12-3-2-9-5-12/h2-3,5-6,13H,4H2,1H3. The molecule has 14 heavy (non-hydrogen) atoms. The van der Waals surface area contributed by atoms with Crippen molar-refractivity contribution >= 4 is 0 Å². The molecular formula is C8H10N4O2. The van der Waals surface area contributed by atoms with E-state index in [9.17, 15) is 0 Å². The van der Waals surface area contributed by atoms with E-state index in [1.54, 1.807) is 25.6 Å². The summed E-state index contributed by atoms with van der Waals surface area (Å²) in [5, 5.41) is 12.9. The van der Waals surface area contributed by atoms with E-state index in [1.807, 2.05) is 4.57 Å². The molecule has 6 nitrogen and oxygen atoms in total. The maximum absolute atomic E-state index is 9.15. The van der Waals surface area contributed by atoms with Crippen LogP contribution < -0.4 is 0 Å². The predicted molar refractivity (Wildman–Crippen MR) is 46.3 cm³/mol. The van der Waals surface area contributed by atoms with E-state index in [-0.39, 0.29) is 5.89 Å². The van der Waals surface area contributed by atoms with Gasteiger partial charge in [0.15, 0.2) is 5.82 Å². The minimum atomic E-state index is -0.723. The molecule has 0 saturated carbocycles. The first-order valence-corrected chi connectivity index (χ1v) is 4.22. The molecule has 2 aromatic rings. The third-order valence-corrected chi connectivity index (χ3v) is 1.72. The van der Waals surface area contributed by atoms with Crippen molar-refractivity contribution in [2.45, 2.75) is 19.6 Å². The van der Waals surface area contributed by atoms with Gasteiger partial charge in [0.25, 0.3) is 5.89 Å². The van der Waals surface area contributed by atoms with E-state index in [0.717, 1.165) is 0 Å². The molecule has 2 rings (SSSR count). The van der Waals surface area contributed by atoms with Gasteiger partial charge in [0.2, 0.25) is 0 Å². The number of hydrogen-bond acceptors (Lipinski definition) is 5. The topological polar surface area (TPSA) is 77.0 Å². The predicted octanol–water partition coefficient (Wildman–Crippen LogP) is 0.368. The van der Waals surface area contributed by atoms with Crippen LogP contribution in [-0.2, 0) is 6.54 Å². The van der Waals surface area contributed by atoms with Gasteiger partial charge in [-0.2, -0.15) is 4.98 Å². The van der Waals surface area contributed by atoms with Crippen LogP contribution in [0.3, 0.4) is 0 Å². The molecule has 0 spiro atoms. The average Bonchev–Trinajstić information content (AvgIpc) is 2.75. The van der Waals surface area contributed by atoms with Gasteiger partial charge in [-0.25, -0.2) is 4.98 Å². The molecule has 1 atom stereocenters. The van der Waals surface area contributed by atoms with E-state index >= 15 is 0 Å². The van der Waals surface area contributed by atoms with Crippen LogP contribution in [0.1, 0.15) is 24.7 Å². The van der Waals surface area contributed by atoms with Crippen molar-refractivity contribution in [3.05, 3.63) is 30.4 Å². The summed E-state index contributed by atoms with van der Waals surface area (Å²) in [6.07, 6.45) is 4.42. The van der Waals surface area contributed by atoms with Crippen LogP contribution in [0.15, 0.2) is 23.2 Å². The first-order valence-electron chi connectivity index (χ1n) is 4.22. The fourth-order valence-corrected chi connectivity index (χ4v) is 1.04. The largest absolute Gasteiger partial charge is 0.384 e. The molecule has 0 saturated heterocycles. The van der Waals surface area contributed by atoms with Gasteiger partial charge < -0.3 is 14.2 Å². The van der Waals surface area contributed by atoms with E-state index in [1.165, 1.54) is 0 Å². The zero-order chi connectivity index (χ0) is 9.97. The highest BCUT2D eigenvalue weighted by Gasteiger charge is 2.10. The van der Waals surface area contributed by atoms with E-state index in [4.69, 9.17) is 9.63 Å². The molecular weight excluding hydrogens is 184 g/mol. The number of imidazole rings is 1. The maximum Gasteiger partial charge on any atom is 0.255 e. The Hall–Kier alpha value is -1.69. The minimum absolute atomic E-state index is 0.236. The number of nitrogens with zero attached hydrogens (tertiary/aromatic N) is 4. The average molecular weight is 194 g/mol. The zero-order valence-electron chi connectivity index (χ0n) is 7.66. The highest BCUT2D eigenvalue weighted by atomic mass is 16.5. The van der Waals surface area contributed by atoms with E-state index in [0.29, 0.717) is 12.4 Å². The Morgan fingerprint density at radius 3 is 3.07 bits per heavy atom. The third-order valence-electron chi connectivity index (χ3n) is 1.72. The van der Waals surface area contributed by atoms with E-state index < -0.39 is 6.10 Å². The Morgan fingerprint density at radius 2 is 2.50 bits per heavy atom. The molecule has 0 aliphatic carbocycles. The molecule has 0 radical (unpaired) electrons. The fraction of sp³-hybridized carbons (Fsp3) is 0.375. The molecule has 0 bridgehead atoms. The van der Waals surface area contributed by atoms with Gasteiger partial charge in [0, 0.05) is 12.4 Å². The number of aromatic nitrogens is 4. The van der Waals surface area contributed by atoms with Crippen LogP contribution in [0.25, 0.3) is 0 Å². The van der Waals surface area contributed by atoms with Crippen molar-refractivity contribution in [2.75, 3.05) is 0 Å². The monoisotopic (exact) mass is 194 g/mol. The van der Waals surface area contributed by atoms with Gasteiger partial charge >= 0.3 is 0 Å². The highest BCUT2D eigenvalue weighted by molar-refractivity contribution is 4.90. The van der Waals surface area contributed by atoms with Crippen molar-refractivity contribution in [3.63, 3.8) is 0 Å². The van der Waals surface area contributed by atoms with Crippen LogP contribution in [0.4, 0.5) is 0 Å². The van der Waals surface area contributed by atoms with Gasteiger partial charge in [-0.3, -0.25) is 0 Å². The Morgan fingerprint density at radius 1 is 1.64 bits per heavy atom. The maximum atomic E-state index is 9.15. The lowest BCUT2D eigenvalue weighted by Gasteiger charge is -1.94. The Kier molecular flexibility index (Phi) is 2.28. The third kappa shape index (κ3) is 1.80. The van der Waals surface area contributed by atoms with Gasteiger partial charge in [-0.1, -0.05) is 5.16 Å². The molecule has 0 aliphatic rings. The normalized spacial score (nSPS) is 13.0. The number of hydrogen-bond donors (Lipinski definition) is 1. The van der Waals surface area contributed by atoms with Crippen molar-refractivity contribution in [1.29, 1.82) is 0 Å². The van der Waals surface area contributed by atoms with Gasteiger partial charge in [0.1, 0.15) is 6.10 Å². The molecule has 0 fully saturated rings. The summed E-state index contributed by atoms with van der Waals surface area (Å²) in [7, 11) is 0. The molecule has 2 heterocycles. The zero-order valence-corrected chi connectivity index (χ0v) is 7.66. The first kappa shape index (κ1) is 8.89. The summed E-state index contributed by atoms with van der Waals surface area (Å²) in [4.78, 5) is 7.90. The Balaban J connectivity index is 2.11. The van der Waals surface area contributed by atoms with Crippen LogP contribution in [0.5, 0.6) is 0 Å². The highest BCUT2D eigenvalue weighted by Crippen LogP contribution is 2.08. The lowest BCUT2D eigenvalue weighted by Crippen LogP contribution is -1.99. The number of rotatable bonds is 3. The van der Waals surface area contributed by atoms with Crippen LogP contribution in [0, 0.1) is 0 Å². The molecule has 1 N–H and O–H groups in total. The minimum Gasteiger partial charge on any atom is -0.384 e. The number of aliphatic hydroxyl groups excluding tert-OH is 1. The smallest absolute Gasteiger partial charge is 0.255 e. The molecule has 74 valence electrons. The lowest BCUT2D eigenvalue weighted by atomic mass is 10.4. The molecule has 0 amide bonds. The quantitative estimate of drug-likeness (QED) is 0.763. The van der Waals surface area contributed by atoms with Crippen molar-refractivity contribution in [3.8, 4) is 0 Å². The number of aliphatic hydroxyl groups is 1. The summed E-state index contributed by atoms with van der Waals surface area (Å²) in [6.45, 7) is 2.07. The Labute approximate surface area is 80.2 Å². The van der Waals surface area contributed by atoms with Gasteiger partial charge in [0.05, 0.1) is 12.9 Å². The molecule has 6 heteroatoms. The van der Waals surface area contributed by atoms with Crippen LogP contribution >= 0.6 is 0 Å². The molecule has 0 aliphatic heterocycles. The Bertz CT molecular complexity index is 393. The van der Waals surface area contributed by atoms with Gasteiger partial charge in [-0.15, -0.1) is 0 Å². The molecule has 0 aromatic carbocycles. The second kappa shape index (κ2) is 3.59. The summed E-state index contributed by atoms with van der Waals surface area (Å²) >= 11 is 0. The summed E-state index contributed by atoms with van der Waals surface area (Å²) in [5.41, 5.74) is 0. The lowest BCUT2D eigenvalue weighted by molar-refractivity contribution is 0.151. The molecule has 2 aromatic heterocycles. The van der Waals surface area contributed by atoms with Gasteiger partial charge in [-0.05, 0) is 6.92 Å². The second-order valence-corrected chi connectivity index (χ2v) is 2.96. The van der Waals surface area contributed by atoms with Crippen LogP contribution in [-0.4, -0.2) is 24.8 Å². The SMILES string of the molecule is CC(O)c1nc(Cn2ccnc2)no1. The fourth-order valence-electron chi connectivity index (χ4n) is 1.04. The second-order valence-electron chi connectivity index (χ2n) is 2.96. The summed E-state index contributed by atoms with van der Waals surface area (Å²) in [5.74, 6) is 0.763.